The van der Waals surface area contributed by atoms with Crippen LogP contribution in [0.3, 0.4) is 0 Å². The standard InChI is InChI=1S/C19H12F3N5S/c20-19(21,22)15-11-12-16(24-23-15)28-18-26-25-17(13-7-3-1-4-8-13)27(18)14-9-5-2-6-10-14/h1-12H. The van der Waals surface area contributed by atoms with Crippen molar-refractivity contribution in [2.45, 2.75) is 16.4 Å². The summed E-state index contributed by atoms with van der Waals surface area (Å²) in [6.07, 6.45) is -4.53. The van der Waals surface area contributed by atoms with Gasteiger partial charge in [0.2, 0.25) is 5.16 Å². The summed E-state index contributed by atoms with van der Waals surface area (Å²) >= 11 is 1.09. The minimum Gasteiger partial charge on any atom is -0.270 e. The number of alkyl halides is 3. The van der Waals surface area contributed by atoms with Gasteiger partial charge in [-0.2, -0.15) is 13.2 Å². The number of halogens is 3. The van der Waals surface area contributed by atoms with Crippen LogP contribution in [0.2, 0.25) is 0 Å². The normalized spacial score (nSPS) is 11.5. The highest BCUT2D eigenvalue weighted by atomic mass is 32.2. The molecule has 0 aliphatic carbocycles. The first kappa shape index (κ1) is 18.2. The van der Waals surface area contributed by atoms with Crippen LogP contribution in [-0.2, 0) is 6.18 Å². The molecule has 0 radical (unpaired) electrons. The Hall–Kier alpha value is -3.20. The molecule has 9 heteroatoms. The maximum atomic E-state index is 12.7. The van der Waals surface area contributed by atoms with Crippen LogP contribution >= 0.6 is 11.8 Å². The first-order valence-electron chi connectivity index (χ1n) is 8.17. The number of benzene rings is 2. The SMILES string of the molecule is FC(F)(F)c1ccc(Sc2nnc(-c3ccccc3)n2-c2ccccc2)nn1. The number of hydrogen-bond donors (Lipinski definition) is 0. The van der Waals surface area contributed by atoms with Crippen LogP contribution in [0.4, 0.5) is 13.2 Å². The van der Waals surface area contributed by atoms with E-state index in [-0.39, 0.29) is 5.03 Å². The molecule has 0 unspecified atom stereocenters. The van der Waals surface area contributed by atoms with E-state index in [0.29, 0.717) is 11.0 Å². The fourth-order valence-electron chi connectivity index (χ4n) is 2.54. The van der Waals surface area contributed by atoms with Gasteiger partial charge >= 0.3 is 6.18 Å². The summed E-state index contributed by atoms with van der Waals surface area (Å²) in [4.78, 5) is 0. The summed E-state index contributed by atoms with van der Waals surface area (Å²) in [5, 5.41) is 16.2. The van der Waals surface area contributed by atoms with Gasteiger partial charge in [-0.25, -0.2) is 0 Å². The molecule has 4 aromatic rings. The lowest BCUT2D eigenvalue weighted by Crippen LogP contribution is -2.08. The Bertz CT molecular complexity index is 1060. The first-order valence-corrected chi connectivity index (χ1v) is 8.99. The van der Waals surface area contributed by atoms with Crippen molar-refractivity contribution in [2.24, 2.45) is 0 Å². The van der Waals surface area contributed by atoms with Crippen molar-refractivity contribution in [1.82, 2.24) is 25.0 Å². The second-order valence-electron chi connectivity index (χ2n) is 5.70. The maximum Gasteiger partial charge on any atom is 0.435 e. The zero-order valence-corrected chi connectivity index (χ0v) is 15.0. The quantitative estimate of drug-likeness (QED) is 0.489. The van der Waals surface area contributed by atoms with E-state index < -0.39 is 11.9 Å². The Labute approximate surface area is 162 Å². The first-order chi connectivity index (χ1) is 13.5. The maximum absolute atomic E-state index is 12.7. The van der Waals surface area contributed by atoms with Crippen molar-refractivity contribution in [1.29, 1.82) is 0 Å². The van der Waals surface area contributed by atoms with Crippen LogP contribution in [0.1, 0.15) is 5.69 Å². The third kappa shape index (κ3) is 3.74. The molecule has 4 rings (SSSR count). The number of hydrogen-bond acceptors (Lipinski definition) is 5. The van der Waals surface area contributed by atoms with E-state index in [1.807, 2.05) is 65.2 Å². The van der Waals surface area contributed by atoms with Crippen LogP contribution in [0.15, 0.2) is 83.0 Å². The molecule has 0 spiro atoms. The summed E-state index contributed by atoms with van der Waals surface area (Å²) in [5.41, 5.74) is 0.657. The molecule has 5 nitrogen and oxygen atoms in total. The van der Waals surface area contributed by atoms with E-state index in [1.54, 1.807) is 0 Å². The minimum absolute atomic E-state index is 0.289. The van der Waals surface area contributed by atoms with Crippen molar-refractivity contribution < 1.29 is 13.2 Å². The van der Waals surface area contributed by atoms with Crippen LogP contribution in [-0.4, -0.2) is 25.0 Å². The Morgan fingerprint density at radius 1 is 0.714 bits per heavy atom. The van der Waals surface area contributed by atoms with Gasteiger partial charge in [0.15, 0.2) is 11.5 Å². The average molecular weight is 399 g/mol. The summed E-state index contributed by atoms with van der Waals surface area (Å²) < 4.78 is 39.9. The van der Waals surface area contributed by atoms with E-state index in [9.17, 15) is 13.2 Å². The van der Waals surface area contributed by atoms with Crippen molar-refractivity contribution >= 4 is 11.8 Å². The molecule has 140 valence electrons. The number of nitrogens with zero attached hydrogens (tertiary/aromatic N) is 5. The highest BCUT2D eigenvalue weighted by Crippen LogP contribution is 2.32. The van der Waals surface area contributed by atoms with Gasteiger partial charge in [-0.3, -0.25) is 4.57 Å². The van der Waals surface area contributed by atoms with Crippen LogP contribution in [0, 0.1) is 0 Å². The molecule has 28 heavy (non-hydrogen) atoms. The fourth-order valence-corrected chi connectivity index (χ4v) is 3.31. The van der Waals surface area contributed by atoms with Crippen LogP contribution in [0.25, 0.3) is 17.1 Å². The highest BCUT2D eigenvalue weighted by molar-refractivity contribution is 7.99. The smallest absolute Gasteiger partial charge is 0.270 e. The summed E-state index contributed by atoms with van der Waals surface area (Å²) in [7, 11) is 0. The highest BCUT2D eigenvalue weighted by Gasteiger charge is 2.33. The Morgan fingerprint density at radius 3 is 2.00 bits per heavy atom. The fraction of sp³-hybridized carbons (Fsp3) is 0.0526. The van der Waals surface area contributed by atoms with Crippen LogP contribution < -0.4 is 0 Å². The molecule has 0 N–H and O–H groups in total. The van der Waals surface area contributed by atoms with Crippen molar-refractivity contribution in [2.75, 3.05) is 0 Å². The van der Waals surface area contributed by atoms with E-state index in [0.717, 1.165) is 29.1 Å². The van der Waals surface area contributed by atoms with Gasteiger partial charge in [0, 0.05) is 11.3 Å². The van der Waals surface area contributed by atoms with Crippen molar-refractivity contribution in [3.8, 4) is 17.1 Å². The molecule has 0 fully saturated rings. The molecular weight excluding hydrogens is 387 g/mol. The van der Waals surface area contributed by atoms with Crippen LogP contribution in [0.5, 0.6) is 0 Å². The molecule has 2 aromatic heterocycles. The molecule has 0 atom stereocenters. The van der Waals surface area contributed by atoms with Gasteiger partial charge in [-0.15, -0.1) is 20.4 Å². The molecular formula is C19H12F3N5S. The molecule has 0 aliphatic heterocycles. The van der Waals surface area contributed by atoms with Gasteiger partial charge in [0.25, 0.3) is 0 Å². The van der Waals surface area contributed by atoms with Gasteiger partial charge in [0.1, 0.15) is 5.03 Å². The van der Waals surface area contributed by atoms with Gasteiger partial charge in [-0.1, -0.05) is 48.5 Å². The third-order valence-corrected chi connectivity index (χ3v) is 4.68. The van der Waals surface area contributed by atoms with Crippen molar-refractivity contribution in [3.63, 3.8) is 0 Å². The van der Waals surface area contributed by atoms with E-state index in [1.165, 1.54) is 6.07 Å². The molecule has 0 saturated heterocycles. The topological polar surface area (TPSA) is 56.5 Å². The minimum atomic E-state index is -4.53. The largest absolute Gasteiger partial charge is 0.435 e. The summed E-state index contributed by atoms with van der Waals surface area (Å²) in [6, 6.07) is 21.2. The molecule has 0 saturated carbocycles. The molecule has 2 aromatic carbocycles. The van der Waals surface area contributed by atoms with E-state index in [4.69, 9.17) is 0 Å². The van der Waals surface area contributed by atoms with Gasteiger partial charge in [0.05, 0.1) is 0 Å². The molecule has 0 bridgehead atoms. The van der Waals surface area contributed by atoms with Crippen molar-refractivity contribution in [3.05, 3.63) is 78.5 Å². The lowest BCUT2D eigenvalue weighted by Gasteiger charge is -2.10. The second kappa shape index (κ2) is 7.43. The van der Waals surface area contributed by atoms with E-state index >= 15 is 0 Å². The molecule has 2 heterocycles. The summed E-state index contributed by atoms with van der Waals surface area (Å²) in [6.45, 7) is 0. The Balaban J connectivity index is 1.74. The molecule has 0 aliphatic rings. The monoisotopic (exact) mass is 399 g/mol. The zero-order valence-electron chi connectivity index (χ0n) is 14.2. The predicted octanol–water partition coefficient (Wildman–Crippen LogP) is 4.89. The zero-order chi connectivity index (χ0) is 19.6. The number of aromatic nitrogens is 5. The Kier molecular flexibility index (Phi) is 4.82. The molecule has 0 amide bonds. The number of para-hydroxylation sites is 1. The summed E-state index contributed by atoms with van der Waals surface area (Å²) in [5.74, 6) is 0.620. The number of rotatable bonds is 4. The van der Waals surface area contributed by atoms with E-state index in [2.05, 4.69) is 20.4 Å². The second-order valence-corrected chi connectivity index (χ2v) is 6.69. The average Bonchev–Trinajstić information content (AvgIpc) is 3.12. The Morgan fingerprint density at radius 2 is 1.39 bits per heavy atom. The third-order valence-electron chi connectivity index (χ3n) is 3.81. The predicted molar refractivity (Wildman–Crippen MR) is 98.0 cm³/mol. The van der Waals surface area contributed by atoms with Gasteiger partial charge < -0.3 is 0 Å². The lowest BCUT2D eigenvalue weighted by atomic mass is 10.2. The van der Waals surface area contributed by atoms with Gasteiger partial charge in [-0.05, 0) is 36.0 Å². The lowest BCUT2D eigenvalue weighted by molar-refractivity contribution is -0.141.